The standard InChI is InChI=1S/C20H27NOS/c21-13-7-11-18-10-6-12-20(16-18)23-15-5-4-14-22-17-19-8-2-1-3-9-19/h1-3,6,8-10,12,16H,4-5,7,11,13-15,17,21H2. The van der Waals surface area contributed by atoms with E-state index in [0.29, 0.717) is 0 Å². The van der Waals surface area contributed by atoms with Crippen molar-refractivity contribution >= 4 is 11.8 Å². The van der Waals surface area contributed by atoms with Crippen LogP contribution < -0.4 is 5.73 Å². The van der Waals surface area contributed by atoms with Crippen LogP contribution in [0, 0.1) is 0 Å². The van der Waals surface area contributed by atoms with Gasteiger partial charge < -0.3 is 10.5 Å². The van der Waals surface area contributed by atoms with Gasteiger partial charge in [0.15, 0.2) is 0 Å². The van der Waals surface area contributed by atoms with Gasteiger partial charge in [0.05, 0.1) is 6.61 Å². The van der Waals surface area contributed by atoms with Crippen molar-refractivity contribution in [3.8, 4) is 0 Å². The summed E-state index contributed by atoms with van der Waals surface area (Å²) in [5.41, 5.74) is 8.21. The SMILES string of the molecule is NCCCc1cccc(SCCCCOCc2ccccc2)c1. The topological polar surface area (TPSA) is 35.2 Å². The molecule has 0 radical (unpaired) electrons. The molecule has 0 amide bonds. The molecule has 0 aliphatic rings. The molecule has 2 N–H and O–H groups in total. The van der Waals surface area contributed by atoms with Gasteiger partial charge in [-0.1, -0.05) is 42.5 Å². The number of ether oxygens (including phenoxy) is 1. The third-order valence-corrected chi connectivity index (χ3v) is 4.71. The number of unbranched alkanes of at least 4 members (excludes halogenated alkanes) is 1. The van der Waals surface area contributed by atoms with Gasteiger partial charge in [-0.15, -0.1) is 11.8 Å². The van der Waals surface area contributed by atoms with Crippen molar-refractivity contribution in [1.29, 1.82) is 0 Å². The molecule has 0 spiro atoms. The summed E-state index contributed by atoms with van der Waals surface area (Å²) in [5.74, 6) is 1.15. The molecule has 0 atom stereocenters. The molecule has 0 fully saturated rings. The number of hydrogen-bond donors (Lipinski definition) is 1. The fraction of sp³-hybridized carbons (Fsp3) is 0.400. The van der Waals surface area contributed by atoms with Crippen LogP contribution in [0.25, 0.3) is 0 Å². The molecule has 2 aromatic carbocycles. The average Bonchev–Trinajstić information content (AvgIpc) is 2.60. The molecule has 0 bridgehead atoms. The van der Waals surface area contributed by atoms with E-state index in [0.717, 1.165) is 44.8 Å². The Morgan fingerprint density at radius 1 is 0.870 bits per heavy atom. The zero-order chi connectivity index (χ0) is 16.2. The van der Waals surface area contributed by atoms with E-state index in [1.807, 2.05) is 17.8 Å². The van der Waals surface area contributed by atoms with Crippen molar-refractivity contribution in [3.05, 3.63) is 65.7 Å². The summed E-state index contributed by atoms with van der Waals surface area (Å²) >= 11 is 1.94. The first-order valence-corrected chi connectivity index (χ1v) is 9.40. The minimum atomic E-state index is 0.719. The molecule has 124 valence electrons. The van der Waals surface area contributed by atoms with E-state index >= 15 is 0 Å². The van der Waals surface area contributed by atoms with Gasteiger partial charge in [0.2, 0.25) is 0 Å². The molecular formula is C20H27NOS. The number of hydrogen-bond acceptors (Lipinski definition) is 3. The molecular weight excluding hydrogens is 302 g/mol. The summed E-state index contributed by atoms with van der Waals surface area (Å²) in [5, 5.41) is 0. The van der Waals surface area contributed by atoms with Gasteiger partial charge in [-0.2, -0.15) is 0 Å². The van der Waals surface area contributed by atoms with Crippen molar-refractivity contribution in [2.45, 2.75) is 37.2 Å². The lowest BCUT2D eigenvalue weighted by atomic mass is 10.1. The molecule has 3 heteroatoms. The minimum absolute atomic E-state index is 0.719. The van der Waals surface area contributed by atoms with E-state index in [2.05, 4.69) is 48.5 Å². The van der Waals surface area contributed by atoms with Crippen molar-refractivity contribution in [3.63, 3.8) is 0 Å². The lowest BCUT2D eigenvalue weighted by Crippen LogP contribution is -2.00. The molecule has 0 saturated heterocycles. The second kappa shape index (κ2) is 11.3. The summed E-state index contributed by atoms with van der Waals surface area (Å²) in [7, 11) is 0. The maximum Gasteiger partial charge on any atom is 0.0716 e. The van der Waals surface area contributed by atoms with Crippen LogP contribution in [0.15, 0.2) is 59.5 Å². The predicted octanol–water partition coefficient (Wildman–Crippen LogP) is 4.67. The third-order valence-electron chi connectivity index (χ3n) is 3.63. The summed E-state index contributed by atoms with van der Waals surface area (Å²) in [4.78, 5) is 1.37. The lowest BCUT2D eigenvalue weighted by Gasteiger charge is -2.06. The highest BCUT2D eigenvalue weighted by Gasteiger charge is 1.98. The summed E-state index contributed by atoms with van der Waals surface area (Å²) in [6.45, 7) is 2.32. The molecule has 2 aromatic rings. The molecule has 0 heterocycles. The molecule has 2 rings (SSSR count). The third kappa shape index (κ3) is 7.69. The van der Waals surface area contributed by atoms with Crippen molar-refractivity contribution in [2.75, 3.05) is 18.9 Å². The van der Waals surface area contributed by atoms with Crippen LogP contribution in [-0.2, 0) is 17.8 Å². The second-order valence-electron chi connectivity index (χ2n) is 5.63. The van der Waals surface area contributed by atoms with Gasteiger partial charge >= 0.3 is 0 Å². The van der Waals surface area contributed by atoms with Crippen LogP contribution >= 0.6 is 11.8 Å². The molecule has 23 heavy (non-hydrogen) atoms. The molecule has 2 nitrogen and oxygen atoms in total. The highest BCUT2D eigenvalue weighted by molar-refractivity contribution is 7.99. The molecule has 0 saturated carbocycles. The quantitative estimate of drug-likeness (QED) is 0.481. The van der Waals surface area contributed by atoms with E-state index in [4.69, 9.17) is 10.5 Å². The largest absolute Gasteiger partial charge is 0.377 e. The maximum absolute atomic E-state index is 5.71. The minimum Gasteiger partial charge on any atom is -0.377 e. The van der Waals surface area contributed by atoms with Crippen molar-refractivity contribution < 1.29 is 4.74 Å². The number of nitrogens with two attached hydrogens (primary N) is 1. The van der Waals surface area contributed by atoms with E-state index in [1.54, 1.807) is 0 Å². The Labute approximate surface area is 144 Å². The first-order chi connectivity index (χ1) is 11.4. The average molecular weight is 330 g/mol. The Morgan fingerprint density at radius 3 is 2.52 bits per heavy atom. The molecule has 0 aromatic heterocycles. The fourth-order valence-electron chi connectivity index (χ4n) is 2.36. The van der Waals surface area contributed by atoms with Crippen LogP contribution in [0.1, 0.15) is 30.4 Å². The second-order valence-corrected chi connectivity index (χ2v) is 6.80. The molecule has 0 unspecified atom stereocenters. The van der Waals surface area contributed by atoms with Gasteiger partial charge in [0, 0.05) is 11.5 Å². The van der Waals surface area contributed by atoms with E-state index in [9.17, 15) is 0 Å². The summed E-state index contributed by atoms with van der Waals surface area (Å²) in [6, 6.07) is 19.2. The molecule has 0 aliphatic heterocycles. The normalized spacial score (nSPS) is 10.8. The first-order valence-electron chi connectivity index (χ1n) is 8.42. The van der Waals surface area contributed by atoms with Gasteiger partial charge in [0.1, 0.15) is 0 Å². The van der Waals surface area contributed by atoms with Crippen LogP contribution in [0.2, 0.25) is 0 Å². The Kier molecular flexibility index (Phi) is 8.85. The van der Waals surface area contributed by atoms with Crippen LogP contribution in [0.5, 0.6) is 0 Å². The predicted molar refractivity (Wildman–Crippen MR) is 99.9 cm³/mol. The number of thioether (sulfide) groups is 1. The van der Waals surface area contributed by atoms with Crippen LogP contribution in [-0.4, -0.2) is 18.9 Å². The van der Waals surface area contributed by atoms with Crippen LogP contribution in [0.4, 0.5) is 0 Å². The first kappa shape index (κ1) is 18.1. The van der Waals surface area contributed by atoms with Crippen molar-refractivity contribution in [2.24, 2.45) is 5.73 Å². The smallest absolute Gasteiger partial charge is 0.0716 e. The highest BCUT2D eigenvalue weighted by atomic mass is 32.2. The number of rotatable bonds is 11. The van der Waals surface area contributed by atoms with Gasteiger partial charge in [0.25, 0.3) is 0 Å². The van der Waals surface area contributed by atoms with E-state index in [-0.39, 0.29) is 0 Å². The van der Waals surface area contributed by atoms with Gasteiger partial charge in [-0.3, -0.25) is 0 Å². The summed E-state index contributed by atoms with van der Waals surface area (Å²) in [6.07, 6.45) is 4.45. The van der Waals surface area contributed by atoms with E-state index in [1.165, 1.54) is 22.4 Å². The lowest BCUT2D eigenvalue weighted by molar-refractivity contribution is 0.118. The fourth-order valence-corrected chi connectivity index (χ4v) is 3.35. The van der Waals surface area contributed by atoms with Crippen LogP contribution in [0.3, 0.4) is 0 Å². The zero-order valence-corrected chi connectivity index (χ0v) is 14.6. The Hall–Kier alpha value is -1.29. The van der Waals surface area contributed by atoms with Crippen molar-refractivity contribution in [1.82, 2.24) is 0 Å². The molecule has 0 aliphatic carbocycles. The Balaban J connectivity index is 1.55. The maximum atomic E-state index is 5.71. The Morgan fingerprint density at radius 2 is 1.70 bits per heavy atom. The Bertz CT molecular complexity index is 544. The van der Waals surface area contributed by atoms with Gasteiger partial charge in [-0.25, -0.2) is 0 Å². The number of aryl methyl sites for hydroxylation is 1. The monoisotopic (exact) mass is 329 g/mol. The number of benzene rings is 2. The van der Waals surface area contributed by atoms with E-state index < -0.39 is 0 Å². The zero-order valence-electron chi connectivity index (χ0n) is 13.7. The summed E-state index contributed by atoms with van der Waals surface area (Å²) < 4.78 is 5.71. The van der Waals surface area contributed by atoms with Gasteiger partial charge in [-0.05, 0) is 61.2 Å². The highest BCUT2D eigenvalue weighted by Crippen LogP contribution is 2.21.